The molecule has 0 radical (unpaired) electrons. The van der Waals surface area contributed by atoms with Crippen LogP contribution in [0, 0.1) is 0 Å². The van der Waals surface area contributed by atoms with Crippen LogP contribution in [-0.4, -0.2) is 29.6 Å². The highest BCUT2D eigenvalue weighted by Crippen LogP contribution is 2.24. The number of nitrogens with zero attached hydrogens (tertiary/aromatic N) is 1. The van der Waals surface area contributed by atoms with E-state index in [1.807, 2.05) is 12.1 Å². The molecule has 2 rings (SSSR count). The molecule has 16 heavy (non-hydrogen) atoms. The maximum absolute atomic E-state index is 9.32. The molecule has 1 aromatic rings. The summed E-state index contributed by atoms with van der Waals surface area (Å²) in [5.41, 5.74) is 1.20. The van der Waals surface area contributed by atoms with E-state index < -0.39 is 0 Å². The number of aromatic hydroxyl groups is 1. The van der Waals surface area contributed by atoms with Crippen LogP contribution in [-0.2, 0) is 6.42 Å². The van der Waals surface area contributed by atoms with E-state index in [1.54, 1.807) is 6.07 Å². The van der Waals surface area contributed by atoms with Crippen molar-refractivity contribution in [1.29, 1.82) is 0 Å². The molecule has 1 N–H and O–H groups in total. The molecule has 0 amide bonds. The molecule has 2 nitrogen and oxygen atoms in total. The Hall–Kier alpha value is -0.730. The van der Waals surface area contributed by atoms with Gasteiger partial charge in [0.05, 0.1) is 5.02 Å². The third-order valence-electron chi connectivity index (χ3n) is 3.18. The van der Waals surface area contributed by atoms with Gasteiger partial charge in [-0.1, -0.05) is 24.1 Å². The second-order valence-electron chi connectivity index (χ2n) is 4.44. The van der Waals surface area contributed by atoms with E-state index in [0.717, 1.165) is 13.0 Å². The van der Waals surface area contributed by atoms with Gasteiger partial charge in [0.1, 0.15) is 5.75 Å². The smallest absolute Gasteiger partial charge is 0.134 e. The molecule has 0 saturated carbocycles. The Labute approximate surface area is 102 Å². The first-order valence-corrected chi connectivity index (χ1v) is 6.33. The van der Waals surface area contributed by atoms with Gasteiger partial charge in [-0.25, -0.2) is 0 Å². The maximum atomic E-state index is 9.32. The lowest BCUT2D eigenvalue weighted by atomic mass is 10.1. The lowest BCUT2D eigenvalue weighted by molar-refractivity contribution is 0.231. The number of piperidine rings is 1. The van der Waals surface area contributed by atoms with Crippen molar-refractivity contribution in [2.24, 2.45) is 0 Å². The zero-order valence-corrected chi connectivity index (χ0v) is 10.2. The van der Waals surface area contributed by atoms with Crippen molar-refractivity contribution >= 4 is 11.6 Å². The Morgan fingerprint density at radius 1 is 1.19 bits per heavy atom. The standard InChI is InChI=1S/C13H18ClNO/c14-12-10-11(4-5-13(12)16)6-9-15-7-2-1-3-8-15/h4-5,10,16H,1-3,6-9H2. The molecular formula is C13H18ClNO. The van der Waals surface area contributed by atoms with Crippen LogP contribution >= 0.6 is 11.6 Å². The molecule has 1 saturated heterocycles. The number of phenolic OH excluding ortho intramolecular Hbond substituents is 1. The second kappa shape index (κ2) is 5.55. The Balaban J connectivity index is 1.86. The molecule has 1 heterocycles. The number of phenols is 1. The Morgan fingerprint density at radius 3 is 2.62 bits per heavy atom. The Kier molecular flexibility index (Phi) is 4.08. The van der Waals surface area contributed by atoms with Crippen LogP contribution < -0.4 is 0 Å². The molecule has 0 atom stereocenters. The summed E-state index contributed by atoms with van der Waals surface area (Å²) in [4.78, 5) is 2.50. The van der Waals surface area contributed by atoms with E-state index in [2.05, 4.69) is 4.90 Å². The van der Waals surface area contributed by atoms with E-state index in [9.17, 15) is 5.11 Å². The minimum absolute atomic E-state index is 0.170. The molecule has 1 aromatic carbocycles. The first-order valence-electron chi connectivity index (χ1n) is 5.95. The summed E-state index contributed by atoms with van der Waals surface area (Å²) in [5.74, 6) is 0.170. The van der Waals surface area contributed by atoms with Crippen LogP contribution in [0.25, 0.3) is 0 Å². The van der Waals surface area contributed by atoms with Gasteiger partial charge in [-0.05, 0) is 50.0 Å². The van der Waals surface area contributed by atoms with Gasteiger partial charge in [0.2, 0.25) is 0 Å². The van der Waals surface area contributed by atoms with Gasteiger partial charge >= 0.3 is 0 Å². The summed E-state index contributed by atoms with van der Waals surface area (Å²) in [6, 6.07) is 5.49. The fraction of sp³-hybridized carbons (Fsp3) is 0.538. The Bertz CT molecular complexity index is 348. The van der Waals surface area contributed by atoms with Crippen LogP contribution in [0.2, 0.25) is 5.02 Å². The summed E-state index contributed by atoms with van der Waals surface area (Å²) in [7, 11) is 0. The zero-order chi connectivity index (χ0) is 11.4. The third kappa shape index (κ3) is 3.13. The van der Waals surface area contributed by atoms with Crippen molar-refractivity contribution in [3.63, 3.8) is 0 Å². The molecule has 0 aromatic heterocycles. The molecule has 0 spiro atoms. The van der Waals surface area contributed by atoms with Gasteiger partial charge in [0.15, 0.2) is 0 Å². The number of likely N-dealkylation sites (tertiary alicyclic amines) is 1. The van der Waals surface area contributed by atoms with Crippen LogP contribution in [0.4, 0.5) is 0 Å². The fourth-order valence-corrected chi connectivity index (χ4v) is 2.38. The van der Waals surface area contributed by atoms with Crippen molar-refractivity contribution in [2.45, 2.75) is 25.7 Å². The molecule has 1 fully saturated rings. The first kappa shape index (κ1) is 11.7. The van der Waals surface area contributed by atoms with E-state index >= 15 is 0 Å². The number of rotatable bonds is 3. The topological polar surface area (TPSA) is 23.5 Å². The van der Waals surface area contributed by atoms with Crippen LogP contribution in [0.1, 0.15) is 24.8 Å². The molecule has 0 aliphatic carbocycles. The molecule has 1 aliphatic rings. The van der Waals surface area contributed by atoms with Gasteiger partial charge in [-0.3, -0.25) is 0 Å². The SMILES string of the molecule is Oc1ccc(CCN2CCCCC2)cc1Cl. The average molecular weight is 240 g/mol. The highest BCUT2D eigenvalue weighted by atomic mass is 35.5. The van der Waals surface area contributed by atoms with E-state index in [-0.39, 0.29) is 5.75 Å². The summed E-state index contributed by atoms with van der Waals surface area (Å²) in [6.07, 6.45) is 5.05. The molecular weight excluding hydrogens is 222 g/mol. The largest absolute Gasteiger partial charge is 0.506 e. The predicted octanol–water partition coefficient (Wildman–Crippen LogP) is 3.07. The second-order valence-corrected chi connectivity index (χ2v) is 4.85. The van der Waals surface area contributed by atoms with E-state index in [0.29, 0.717) is 5.02 Å². The lowest BCUT2D eigenvalue weighted by Crippen LogP contribution is -2.31. The molecule has 0 bridgehead atoms. The monoisotopic (exact) mass is 239 g/mol. The summed E-state index contributed by atoms with van der Waals surface area (Å²) >= 11 is 5.87. The molecule has 88 valence electrons. The van der Waals surface area contributed by atoms with Crippen molar-refractivity contribution in [3.05, 3.63) is 28.8 Å². The quantitative estimate of drug-likeness (QED) is 0.876. The molecule has 0 unspecified atom stereocenters. The van der Waals surface area contributed by atoms with Crippen molar-refractivity contribution in [2.75, 3.05) is 19.6 Å². The van der Waals surface area contributed by atoms with E-state index in [4.69, 9.17) is 11.6 Å². The number of benzene rings is 1. The highest BCUT2D eigenvalue weighted by Gasteiger charge is 2.09. The first-order chi connectivity index (χ1) is 7.75. The van der Waals surface area contributed by atoms with Gasteiger partial charge in [0.25, 0.3) is 0 Å². The molecule has 1 aliphatic heterocycles. The average Bonchev–Trinajstić information content (AvgIpc) is 2.32. The summed E-state index contributed by atoms with van der Waals surface area (Å²) in [5, 5.41) is 9.77. The lowest BCUT2D eigenvalue weighted by Gasteiger charge is -2.26. The molecule has 3 heteroatoms. The van der Waals surface area contributed by atoms with Gasteiger partial charge < -0.3 is 10.0 Å². The van der Waals surface area contributed by atoms with Gasteiger partial charge in [0, 0.05) is 6.54 Å². The van der Waals surface area contributed by atoms with Crippen LogP contribution in [0.3, 0.4) is 0 Å². The minimum Gasteiger partial charge on any atom is -0.506 e. The minimum atomic E-state index is 0.170. The fourth-order valence-electron chi connectivity index (χ4n) is 2.18. The number of hydrogen-bond acceptors (Lipinski definition) is 2. The maximum Gasteiger partial charge on any atom is 0.134 e. The van der Waals surface area contributed by atoms with E-state index in [1.165, 1.54) is 37.9 Å². The van der Waals surface area contributed by atoms with Crippen molar-refractivity contribution in [1.82, 2.24) is 4.90 Å². The van der Waals surface area contributed by atoms with Crippen molar-refractivity contribution < 1.29 is 5.11 Å². The predicted molar refractivity (Wildman–Crippen MR) is 67.1 cm³/mol. The Morgan fingerprint density at radius 2 is 1.94 bits per heavy atom. The van der Waals surface area contributed by atoms with Crippen LogP contribution in [0.5, 0.6) is 5.75 Å². The summed E-state index contributed by atoms with van der Waals surface area (Å²) in [6.45, 7) is 3.55. The zero-order valence-electron chi connectivity index (χ0n) is 9.45. The highest BCUT2D eigenvalue weighted by molar-refractivity contribution is 6.32. The normalized spacial score (nSPS) is 17.6. The number of halogens is 1. The van der Waals surface area contributed by atoms with Gasteiger partial charge in [-0.15, -0.1) is 0 Å². The van der Waals surface area contributed by atoms with Crippen LogP contribution in [0.15, 0.2) is 18.2 Å². The van der Waals surface area contributed by atoms with Crippen molar-refractivity contribution in [3.8, 4) is 5.75 Å². The number of hydrogen-bond donors (Lipinski definition) is 1. The summed E-state index contributed by atoms with van der Waals surface area (Å²) < 4.78 is 0. The van der Waals surface area contributed by atoms with Gasteiger partial charge in [-0.2, -0.15) is 0 Å². The third-order valence-corrected chi connectivity index (χ3v) is 3.48.